The Morgan fingerprint density at radius 2 is 1.65 bits per heavy atom. The van der Waals surface area contributed by atoms with Gasteiger partial charge in [0, 0.05) is 0 Å². The summed E-state index contributed by atoms with van der Waals surface area (Å²) in [6, 6.07) is 6.72. The molecule has 0 aromatic heterocycles. The number of aliphatic imine (C=N–C) groups is 1. The number of nitrogens with zero attached hydrogens (tertiary/aromatic N) is 2. The van der Waals surface area contributed by atoms with E-state index in [-0.39, 0.29) is 12.3 Å². The summed E-state index contributed by atoms with van der Waals surface area (Å²) in [5.41, 5.74) is -4.60. The van der Waals surface area contributed by atoms with Crippen molar-refractivity contribution < 1.29 is 35.9 Å². The summed E-state index contributed by atoms with van der Waals surface area (Å²) in [5, 5.41) is 0. The van der Waals surface area contributed by atoms with Gasteiger partial charge >= 0.3 is 24.0 Å². The predicted octanol–water partition coefficient (Wildman–Crippen LogP) is 4.05. The zero-order valence-corrected chi connectivity index (χ0v) is 11.6. The van der Waals surface area contributed by atoms with Crippen molar-refractivity contribution in [2.45, 2.75) is 24.8 Å². The molecule has 0 radical (unpaired) electrons. The van der Waals surface area contributed by atoms with E-state index in [4.69, 9.17) is 0 Å². The van der Waals surface area contributed by atoms with Crippen molar-refractivity contribution in [2.75, 3.05) is 6.61 Å². The van der Waals surface area contributed by atoms with Crippen LogP contribution >= 0.6 is 0 Å². The van der Waals surface area contributed by atoms with Crippen LogP contribution in [0.15, 0.2) is 35.3 Å². The van der Waals surface area contributed by atoms with Gasteiger partial charge in [-0.3, -0.25) is 0 Å². The van der Waals surface area contributed by atoms with Gasteiger partial charge in [-0.05, 0) is 19.1 Å². The standard InChI is InChI=1S/C13H10F6N2O2/c1-2-23-10(22)21-9(20-8-6-4-3-5-7-8)11(21,12(14,15)16)13(17,18)19/h3-7H,2H2,1H3. The van der Waals surface area contributed by atoms with Gasteiger partial charge in [-0.1, -0.05) is 18.2 Å². The Morgan fingerprint density at radius 1 is 1.13 bits per heavy atom. The van der Waals surface area contributed by atoms with Gasteiger partial charge in [0.05, 0.1) is 12.3 Å². The Kier molecular flexibility index (Phi) is 4.03. The molecule has 0 N–H and O–H groups in total. The molecule has 1 saturated heterocycles. The van der Waals surface area contributed by atoms with Crippen LogP contribution in [0, 0.1) is 0 Å². The number of para-hydroxylation sites is 1. The van der Waals surface area contributed by atoms with E-state index < -0.39 is 34.7 Å². The molecular formula is C13H10F6N2O2. The molecule has 0 bridgehead atoms. The highest BCUT2D eigenvalue weighted by Gasteiger charge is 2.91. The first-order chi connectivity index (χ1) is 10.6. The number of hydrogen-bond acceptors (Lipinski definition) is 3. The molecule has 2 rings (SSSR count). The first-order valence-electron chi connectivity index (χ1n) is 6.32. The van der Waals surface area contributed by atoms with Gasteiger partial charge < -0.3 is 4.74 Å². The minimum atomic E-state index is -5.79. The SMILES string of the molecule is CCOC(=O)N1C(=Nc2ccccc2)C1(C(F)(F)F)C(F)(F)F. The van der Waals surface area contributed by atoms with Crippen LogP contribution in [0.5, 0.6) is 0 Å². The van der Waals surface area contributed by atoms with E-state index in [0.29, 0.717) is 0 Å². The van der Waals surface area contributed by atoms with Gasteiger partial charge in [0.25, 0.3) is 0 Å². The fourth-order valence-electron chi connectivity index (χ4n) is 2.07. The molecule has 126 valence electrons. The normalized spacial score (nSPS) is 18.9. The molecule has 0 atom stereocenters. The Bertz CT molecular complexity index is 610. The maximum absolute atomic E-state index is 13.1. The summed E-state index contributed by atoms with van der Waals surface area (Å²) in [4.78, 5) is 14.4. The van der Waals surface area contributed by atoms with Crippen molar-refractivity contribution >= 4 is 17.6 Å². The van der Waals surface area contributed by atoms with Crippen molar-refractivity contribution in [3.63, 3.8) is 0 Å². The minimum Gasteiger partial charge on any atom is -0.449 e. The first kappa shape index (κ1) is 17.1. The lowest BCUT2D eigenvalue weighted by molar-refractivity contribution is -0.270. The Hall–Kier alpha value is -2.26. The average molecular weight is 340 g/mol. The van der Waals surface area contributed by atoms with Crippen LogP contribution in [-0.4, -0.2) is 41.3 Å². The minimum absolute atomic E-state index is 0.146. The summed E-state index contributed by atoms with van der Waals surface area (Å²) in [6.07, 6.45) is -13.3. The van der Waals surface area contributed by atoms with Gasteiger partial charge in [-0.15, -0.1) is 0 Å². The topological polar surface area (TPSA) is 41.7 Å². The zero-order valence-electron chi connectivity index (χ0n) is 11.6. The van der Waals surface area contributed by atoms with Gasteiger partial charge in [-0.25, -0.2) is 14.7 Å². The lowest BCUT2D eigenvalue weighted by Crippen LogP contribution is -2.51. The number of alkyl halides is 6. The third kappa shape index (κ3) is 2.62. The average Bonchev–Trinajstić information content (AvgIpc) is 3.09. The van der Waals surface area contributed by atoms with Crippen molar-refractivity contribution in [2.24, 2.45) is 4.99 Å². The number of ether oxygens (including phenoxy) is 1. The predicted molar refractivity (Wildman–Crippen MR) is 67.2 cm³/mol. The van der Waals surface area contributed by atoms with Crippen molar-refractivity contribution in [3.05, 3.63) is 30.3 Å². The van der Waals surface area contributed by atoms with Gasteiger partial charge in [0.15, 0.2) is 5.84 Å². The quantitative estimate of drug-likeness (QED) is 0.602. The molecule has 1 amide bonds. The van der Waals surface area contributed by atoms with Crippen LogP contribution in [0.3, 0.4) is 0 Å². The highest BCUT2D eigenvalue weighted by atomic mass is 19.4. The smallest absolute Gasteiger partial charge is 0.428 e. The molecule has 0 saturated carbocycles. The maximum atomic E-state index is 13.1. The molecule has 4 nitrogen and oxygen atoms in total. The molecule has 0 spiro atoms. The maximum Gasteiger partial charge on any atom is 0.428 e. The fourth-order valence-corrected chi connectivity index (χ4v) is 2.07. The number of amides is 1. The zero-order chi connectivity index (χ0) is 17.5. The summed E-state index contributed by atoms with van der Waals surface area (Å²) < 4.78 is 83.2. The number of carbonyl (C=O) groups excluding carboxylic acids is 1. The van der Waals surface area contributed by atoms with E-state index in [1.807, 2.05) is 0 Å². The molecule has 10 heteroatoms. The lowest BCUT2D eigenvalue weighted by Gasteiger charge is -2.21. The van der Waals surface area contributed by atoms with Crippen molar-refractivity contribution in [1.82, 2.24) is 4.90 Å². The van der Waals surface area contributed by atoms with Crippen LogP contribution in [0.25, 0.3) is 0 Å². The molecule has 0 unspecified atom stereocenters. The van der Waals surface area contributed by atoms with E-state index in [1.165, 1.54) is 37.3 Å². The summed E-state index contributed by atoms with van der Waals surface area (Å²) in [5.74, 6) is -1.46. The number of hydrogen-bond donors (Lipinski definition) is 0. The highest BCUT2D eigenvalue weighted by Crippen LogP contribution is 2.58. The lowest BCUT2D eigenvalue weighted by atomic mass is 10.1. The molecule has 1 fully saturated rings. The van der Waals surface area contributed by atoms with E-state index in [1.54, 1.807) is 0 Å². The number of benzene rings is 1. The van der Waals surface area contributed by atoms with E-state index in [0.717, 1.165) is 0 Å². The molecule has 1 heterocycles. The second-order valence-electron chi connectivity index (χ2n) is 4.51. The Morgan fingerprint density at radius 3 is 2.09 bits per heavy atom. The number of rotatable bonds is 2. The van der Waals surface area contributed by atoms with E-state index in [2.05, 4.69) is 9.73 Å². The molecule has 1 aliphatic heterocycles. The van der Waals surface area contributed by atoms with Crippen LogP contribution in [0.1, 0.15) is 6.92 Å². The van der Waals surface area contributed by atoms with Crippen LogP contribution in [0.4, 0.5) is 36.8 Å². The molecular weight excluding hydrogens is 330 g/mol. The highest BCUT2D eigenvalue weighted by molar-refractivity contribution is 6.19. The molecule has 1 aliphatic rings. The fraction of sp³-hybridized carbons (Fsp3) is 0.385. The summed E-state index contributed by atoms with van der Waals surface area (Å²) in [6.45, 7) is 0.887. The Balaban J connectivity index is 2.58. The van der Waals surface area contributed by atoms with Crippen LogP contribution < -0.4 is 0 Å². The third-order valence-electron chi connectivity index (χ3n) is 3.08. The monoisotopic (exact) mass is 340 g/mol. The summed E-state index contributed by atoms with van der Waals surface area (Å²) in [7, 11) is 0. The molecule has 1 aromatic carbocycles. The van der Waals surface area contributed by atoms with Gasteiger partial charge in [0.2, 0.25) is 0 Å². The number of halogens is 6. The molecule has 23 heavy (non-hydrogen) atoms. The first-order valence-corrected chi connectivity index (χ1v) is 6.32. The number of carbonyl (C=O) groups is 1. The summed E-state index contributed by atoms with van der Waals surface area (Å²) >= 11 is 0. The van der Waals surface area contributed by atoms with Gasteiger partial charge in [-0.2, -0.15) is 26.3 Å². The van der Waals surface area contributed by atoms with Crippen LogP contribution in [0.2, 0.25) is 0 Å². The number of amidine groups is 1. The largest absolute Gasteiger partial charge is 0.449 e. The van der Waals surface area contributed by atoms with Crippen molar-refractivity contribution in [1.29, 1.82) is 0 Å². The van der Waals surface area contributed by atoms with Crippen LogP contribution in [-0.2, 0) is 4.74 Å². The Labute approximate surface area is 126 Å². The second kappa shape index (κ2) is 5.43. The molecule has 0 aliphatic carbocycles. The van der Waals surface area contributed by atoms with E-state index >= 15 is 0 Å². The van der Waals surface area contributed by atoms with E-state index in [9.17, 15) is 31.1 Å². The molecule has 1 aromatic rings. The van der Waals surface area contributed by atoms with Gasteiger partial charge in [0.1, 0.15) is 0 Å². The second-order valence-corrected chi connectivity index (χ2v) is 4.51. The third-order valence-corrected chi connectivity index (χ3v) is 3.08. The van der Waals surface area contributed by atoms with Crippen molar-refractivity contribution in [3.8, 4) is 0 Å².